The molecule has 2 aliphatic rings. The van der Waals surface area contributed by atoms with E-state index in [9.17, 15) is 0 Å². The first-order valence-corrected chi connectivity index (χ1v) is 34.8. The number of hydrogen-bond acceptors (Lipinski definition) is 0. The highest BCUT2D eigenvalue weighted by molar-refractivity contribution is 6.12. The maximum absolute atomic E-state index is 2.52. The summed E-state index contributed by atoms with van der Waals surface area (Å²) in [5, 5.41) is 9.90. The Morgan fingerprint density at radius 3 is 0.890 bits per heavy atom. The average Bonchev–Trinajstić information content (AvgIpc) is 1.49. The van der Waals surface area contributed by atoms with Gasteiger partial charge in [-0.2, -0.15) is 0 Å². The highest BCUT2D eigenvalue weighted by Gasteiger charge is 2.48. The van der Waals surface area contributed by atoms with Crippen molar-refractivity contribution in [3.05, 3.63) is 431 Å². The van der Waals surface area contributed by atoms with Gasteiger partial charge in [0, 0.05) is 32.9 Å². The number of aromatic nitrogens is 2. The molecule has 0 atom stereocenters. The Balaban J connectivity index is 0.691. The van der Waals surface area contributed by atoms with Gasteiger partial charge in [0.2, 0.25) is 0 Å². The highest BCUT2D eigenvalue weighted by atomic mass is 15.0. The molecule has 0 radical (unpaired) electrons. The molecule has 0 bridgehead atoms. The second-order valence-electron chi connectivity index (χ2n) is 27.1. The third-order valence-corrected chi connectivity index (χ3v) is 21.8. The van der Waals surface area contributed by atoms with E-state index in [0.717, 1.165) is 33.6 Å². The average molecular weight is 1270 g/mol. The van der Waals surface area contributed by atoms with Crippen molar-refractivity contribution in [2.45, 2.75) is 10.8 Å². The topological polar surface area (TPSA) is 9.86 Å². The first-order chi connectivity index (χ1) is 49.5. The molecule has 0 aliphatic heterocycles. The summed E-state index contributed by atoms with van der Waals surface area (Å²) >= 11 is 0. The lowest BCUT2D eigenvalue weighted by Crippen LogP contribution is -2.29. The van der Waals surface area contributed by atoms with E-state index in [2.05, 4.69) is 397 Å². The van der Waals surface area contributed by atoms with Crippen molar-refractivity contribution in [1.82, 2.24) is 9.13 Å². The van der Waals surface area contributed by atoms with E-state index in [1.165, 1.54) is 143 Å². The van der Waals surface area contributed by atoms with Gasteiger partial charge in [-0.05, 0) is 207 Å². The summed E-state index contributed by atoms with van der Waals surface area (Å²) in [6.07, 6.45) is 9.20. The maximum atomic E-state index is 2.52. The first-order valence-electron chi connectivity index (χ1n) is 34.8. The van der Waals surface area contributed by atoms with Gasteiger partial charge in [0.05, 0.1) is 32.9 Å². The molecule has 2 heterocycles. The monoisotopic (exact) mass is 1270 g/mol. The minimum Gasteiger partial charge on any atom is -0.309 e. The molecule has 2 nitrogen and oxygen atoms in total. The fraction of sp³-hybridized carbons (Fsp3) is 0.0204. The first kappa shape index (κ1) is 57.4. The molecular formula is C98H64N2. The lowest BCUT2D eigenvalue weighted by molar-refractivity contribution is 0.767. The molecular weight excluding hydrogens is 1210 g/mol. The molecule has 466 valence electrons. The molecule has 16 aromatic carbocycles. The zero-order chi connectivity index (χ0) is 65.9. The molecule has 0 N–H and O–H groups in total. The van der Waals surface area contributed by atoms with Crippen molar-refractivity contribution in [2.75, 3.05) is 0 Å². The Hall–Kier alpha value is -12.9. The molecule has 2 aliphatic carbocycles. The number of para-hydroxylation sites is 2. The largest absolute Gasteiger partial charge is 0.309 e. The second kappa shape index (κ2) is 22.9. The molecule has 18 aromatic rings. The van der Waals surface area contributed by atoms with Crippen LogP contribution >= 0.6 is 0 Å². The van der Waals surface area contributed by atoms with Crippen molar-refractivity contribution in [3.63, 3.8) is 0 Å². The summed E-state index contributed by atoms with van der Waals surface area (Å²) in [5.41, 5.74) is 27.9. The van der Waals surface area contributed by atoms with Crippen LogP contribution in [0.15, 0.2) is 364 Å². The van der Waals surface area contributed by atoms with Crippen molar-refractivity contribution in [3.8, 4) is 44.8 Å². The Bertz CT molecular complexity index is 5910. The SMILES string of the molecule is C(=C\c1ccc2c(c1)c1ccccc1n2-c1ccc2ccccc2c1)/c1ccc2c(c1)C(c1ccccc1)(c1ccccc1)c1cc(-c3ccc4c(c3)C(c3ccccc3)(c3ccccc3)c3cc(/C=C/c5ccc6c(c5)c5ccccc5n6-c5ccc6ccccc6c5)ccc3-4)ccc1-2. The normalized spacial score (nSPS) is 13.5. The quantitative estimate of drug-likeness (QED) is 0.114. The minimum absolute atomic E-state index is 0.631. The van der Waals surface area contributed by atoms with Gasteiger partial charge >= 0.3 is 0 Å². The van der Waals surface area contributed by atoms with E-state index in [0.29, 0.717) is 0 Å². The van der Waals surface area contributed by atoms with E-state index in [1.54, 1.807) is 0 Å². The summed E-state index contributed by atoms with van der Waals surface area (Å²) in [6, 6.07) is 136. The molecule has 0 spiro atoms. The van der Waals surface area contributed by atoms with Gasteiger partial charge in [0.1, 0.15) is 0 Å². The van der Waals surface area contributed by atoms with E-state index in [1.807, 2.05) is 0 Å². The van der Waals surface area contributed by atoms with E-state index >= 15 is 0 Å². The molecule has 2 aromatic heterocycles. The predicted molar refractivity (Wildman–Crippen MR) is 421 cm³/mol. The van der Waals surface area contributed by atoms with Crippen LogP contribution < -0.4 is 0 Å². The van der Waals surface area contributed by atoms with Gasteiger partial charge in [0.15, 0.2) is 0 Å². The number of hydrogen-bond donors (Lipinski definition) is 0. The minimum atomic E-state index is -0.631. The van der Waals surface area contributed by atoms with Gasteiger partial charge in [-0.15, -0.1) is 0 Å². The fourth-order valence-corrected chi connectivity index (χ4v) is 17.3. The lowest BCUT2D eigenvalue weighted by Gasteiger charge is -2.35. The number of nitrogens with zero attached hydrogens (tertiary/aromatic N) is 2. The van der Waals surface area contributed by atoms with Crippen LogP contribution in [0.1, 0.15) is 66.8 Å². The van der Waals surface area contributed by atoms with E-state index in [-0.39, 0.29) is 0 Å². The molecule has 0 saturated carbocycles. The van der Waals surface area contributed by atoms with Gasteiger partial charge in [-0.3, -0.25) is 0 Å². The van der Waals surface area contributed by atoms with Crippen LogP contribution in [0.3, 0.4) is 0 Å². The standard InChI is InChI=1S/C98H64N2/c1-5-25-75(26-6-1)97(76-27-7-2-8-28-76)89-59-67(39-37-65-43-55-95-87(57-65)85-33-17-19-35-93(85)99(95)79-49-45-69-21-13-15-23-71(69)61-79)41-51-81(89)83-53-47-73(63-91(83)97)74-48-54-84-82-52-42-68(60-90(82)98(92(84)64-74,77-29-9-3-10-30-77)78-31-11-4-12-32-78)40-38-66-44-56-96-88(58-66)86-34-18-20-36-94(86)100(96)80-50-46-70-22-14-16-24-72(70)62-80/h1-64H/b39-37+,40-38+. The highest BCUT2D eigenvalue weighted by Crippen LogP contribution is 2.60. The van der Waals surface area contributed by atoms with Gasteiger partial charge < -0.3 is 9.13 Å². The molecule has 0 amide bonds. The van der Waals surface area contributed by atoms with Crippen LogP contribution in [0.5, 0.6) is 0 Å². The van der Waals surface area contributed by atoms with Crippen LogP contribution in [-0.2, 0) is 10.8 Å². The molecule has 20 rings (SSSR count). The van der Waals surface area contributed by atoms with Crippen molar-refractivity contribution in [2.24, 2.45) is 0 Å². The molecule has 0 fully saturated rings. The predicted octanol–water partition coefficient (Wildman–Crippen LogP) is 24.9. The Kier molecular flexibility index (Phi) is 13.1. The number of rotatable bonds is 11. The summed E-state index contributed by atoms with van der Waals surface area (Å²) in [6.45, 7) is 0. The Morgan fingerprint density at radius 1 is 0.200 bits per heavy atom. The summed E-state index contributed by atoms with van der Waals surface area (Å²) < 4.78 is 4.83. The van der Waals surface area contributed by atoms with Crippen molar-refractivity contribution in [1.29, 1.82) is 0 Å². The zero-order valence-electron chi connectivity index (χ0n) is 54.8. The van der Waals surface area contributed by atoms with Crippen LogP contribution in [0, 0.1) is 0 Å². The second-order valence-corrected chi connectivity index (χ2v) is 27.1. The van der Waals surface area contributed by atoms with E-state index in [4.69, 9.17) is 0 Å². The summed E-state index contributed by atoms with van der Waals surface area (Å²) in [4.78, 5) is 0. The molecule has 0 saturated heterocycles. The van der Waals surface area contributed by atoms with E-state index < -0.39 is 10.8 Å². The Labute approximate surface area is 581 Å². The van der Waals surface area contributed by atoms with Gasteiger partial charge in [-0.1, -0.05) is 303 Å². The third-order valence-electron chi connectivity index (χ3n) is 21.8. The zero-order valence-corrected chi connectivity index (χ0v) is 54.8. The van der Waals surface area contributed by atoms with Crippen LogP contribution in [0.2, 0.25) is 0 Å². The number of benzene rings is 16. The summed E-state index contributed by atoms with van der Waals surface area (Å²) in [7, 11) is 0. The van der Waals surface area contributed by atoms with Gasteiger partial charge in [-0.25, -0.2) is 0 Å². The van der Waals surface area contributed by atoms with Crippen LogP contribution in [-0.4, -0.2) is 9.13 Å². The molecule has 100 heavy (non-hydrogen) atoms. The van der Waals surface area contributed by atoms with Crippen LogP contribution in [0.4, 0.5) is 0 Å². The lowest BCUT2D eigenvalue weighted by atomic mass is 9.66. The third kappa shape index (κ3) is 8.83. The fourth-order valence-electron chi connectivity index (χ4n) is 17.3. The van der Waals surface area contributed by atoms with Crippen molar-refractivity contribution >= 4 is 89.5 Å². The van der Waals surface area contributed by atoms with Crippen LogP contribution in [0.25, 0.3) is 134 Å². The van der Waals surface area contributed by atoms with Crippen molar-refractivity contribution < 1.29 is 0 Å². The molecule has 0 unspecified atom stereocenters. The maximum Gasteiger partial charge on any atom is 0.0713 e. The number of fused-ring (bicyclic) bond motifs is 14. The molecule has 2 heteroatoms. The summed E-state index contributed by atoms with van der Waals surface area (Å²) in [5.74, 6) is 0. The smallest absolute Gasteiger partial charge is 0.0713 e. The van der Waals surface area contributed by atoms with Gasteiger partial charge in [0.25, 0.3) is 0 Å². The Morgan fingerprint density at radius 2 is 0.500 bits per heavy atom.